The van der Waals surface area contributed by atoms with Crippen molar-refractivity contribution in [1.82, 2.24) is 5.32 Å². The van der Waals surface area contributed by atoms with E-state index in [1.54, 1.807) is 13.0 Å². The van der Waals surface area contributed by atoms with Crippen molar-refractivity contribution < 1.29 is 18.7 Å². The van der Waals surface area contributed by atoms with Crippen LogP contribution in [-0.2, 0) is 9.53 Å². The van der Waals surface area contributed by atoms with Crippen LogP contribution in [0.2, 0.25) is 0 Å². The Kier molecular flexibility index (Phi) is 4.53. The van der Waals surface area contributed by atoms with E-state index >= 15 is 0 Å². The fraction of sp³-hybridized carbons (Fsp3) is 0.538. The molecule has 0 aliphatic carbocycles. The van der Waals surface area contributed by atoms with Crippen LogP contribution in [0.25, 0.3) is 0 Å². The standard InChI is InChI=1S/C13H19NO4/c1-9-6-8-18-11(9)12(16)14-13(2,3)7-5-10(15)17-4/h6,8H,5,7H2,1-4H3,(H,14,16). The number of aryl methyl sites for hydroxylation is 1. The molecule has 0 aliphatic heterocycles. The van der Waals surface area contributed by atoms with Crippen LogP contribution in [0.15, 0.2) is 16.7 Å². The summed E-state index contributed by atoms with van der Waals surface area (Å²) in [5.74, 6) is -0.250. The first-order valence-corrected chi connectivity index (χ1v) is 5.79. The molecule has 1 aromatic heterocycles. The predicted octanol–water partition coefficient (Wildman–Crippen LogP) is 2.05. The van der Waals surface area contributed by atoms with Gasteiger partial charge in [-0.2, -0.15) is 0 Å². The Morgan fingerprint density at radius 3 is 2.61 bits per heavy atom. The van der Waals surface area contributed by atoms with Crippen LogP contribution in [-0.4, -0.2) is 24.5 Å². The molecule has 1 rings (SSSR count). The lowest BCUT2D eigenvalue weighted by Crippen LogP contribution is -2.43. The van der Waals surface area contributed by atoms with Gasteiger partial charge in [-0.05, 0) is 33.3 Å². The van der Waals surface area contributed by atoms with Crippen LogP contribution in [0.4, 0.5) is 0 Å². The number of hydrogen-bond donors (Lipinski definition) is 1. The molecule has 0 saturated heterocycles. The zero-order valence-corrected chi connectivity index (χ0v) is 11.2. The molecule has 0 atom stereocenters. The van der Waals surface area contributed by atoms with Crippen LogP contribution in [0.3, 0.4) is 0 Å². The van der Waals surface area contributed by atoms with Crippen LogP contribution in [0, 0.1) is 6.92 Å². The number of methoxy groups -OCH3 is 1. The maximum Gasteiger partial charge on any atom is 0.305 e. The second-order valence-electron chi connectivity index (χ2n) is 4.85. The third kappa shape index (κ3) is 3.91. The normalized spacial score (nSPS) is 11.1. The van der Waals surface area contributed by atoms with E-state index in [0.717, 1.165) is 5.56 Å². The summed E-state index contributed by atoms with van der Waals surface area (Å²) in [6, 6.07) is 1.73. The van der Waals surface area contributed by atoms with Crippen LogP contribution in [0.1, 0.15) is 42.8 Å². The number of carbonyl (C=O) groups is 2. The van der Waals surface area contributed by atoms with Gasteiger partial charge in [-0.15, -0.1) is 0 Å². The summed E-state index contributed by atoms with van der Waals surface area (Å²) in [4.78, 5) is 23.0. The van der Waals surface area contributed by atoms with Gasteiger partial charge in [-0.25, -0.2) is 0 Å². The van der Waals surface area contributed by atoms with Gasteiger partial charge >= 0.3 is 5.97 Å². The van der Waals surface area contributed by atoms with Gasteiger partial charge in [0.25, 0.3) is 5.91 Å². The molecule has 0 fully saturated rings. The highest BCUT2D eigenvalue weighted by atomic mass is 16.5. The number of amides is 1. The van der Waals surface area contributed by atoms with Crippen molar-refractivity contribution in [3.05, 3.63) is 23.7 Å². The van der Waals surface area contributed by atoms with E-state index in [1.807, 2.05) is 13.8 Å². The molecule has 5 nitrogen and oxygen atoms in total. The first kappa shape index (κ1) is 14.3. The van der Waals surface area contributed by atoms with Crippen LogP contribution in [0.5, 0.6) is 0 Å². The van der Waals surface area contributed by atoms with Crippen molar-refractivity contribution >= 4 is 11.9 Å². The number of nitrogens with one attached hydrogen (secondary N) is 1. The molecule has 0 saturated carbocycles. The molecule has 1 amide bonds. The highest BCUT2D eigenvalue weighted by Gasteiger charge is 2.24. The lowest BCUT2D eigenvalue weighted by molar-refractivity contribution is -0.141. The van der Waals surface area contributed by atoms with E-state index in [-0.39, 0.29) is 18.3 Å². The SMILES string of the molecule is COC(=O)CCC(C)(C)NC(=O)c1occc1C. The van der Waals surface area contributed by atoms with Crippen molar-refractivity contribution in [2.24, 2.45) is 0 Å². The van der Waals surface area contributed by atoms with E-state index in [9.17, 15) is 9.59 Å². The molecule has 5 heteroatoms. The van der Waals surface area contributed by atoms with Gasteiger partial charge in [0.2, 0.25) is 0 Å². The molecule has 0 bridgehead atoms. The molecule has 0 spiro atoms. The summed E-state index contributed by atoms with van der Waals surface area (Å²) in [5.41, 5.74) is 0.293. The smallest absolute Gasteiger partial charge is 0.305 e. The topological polar surface area (TPSA) is 68.5 Å². The number of rotatable bonds is 5. The van der Waals surface area contributed by atoms with Crippen molar-refractivity contribution in [2.75, 3.05) is 7.11 Å². The molecule has 1 heterocycles. The van der Waals surface area contributed by atoms with Gasteiger partial charge in [0.05, 0.1) is 13.4 Å². The van der Waals surface area contributed by atoms with E-state index < -0.39 is 5.54 Å². The number of hydrogen-bond acceptors (Lipinski definition) is 4. The molecular formula is C13H19NO4. The number of ether oxygens (including phenoxy) is 1. The first-order chi connectivity index (χ1) is 8.35. The van der Waals surface area contributed by atoms with Crippen molar-refractivity contribution in [3.63, 3.8) is 0 Å². The lowest BCUT2D eigenvalue weighted by Gasteiger charge is -2.25. The quantitative estimate of drug-likeness (QED) is 0.815. The van der Waals surface area contributed by atoms with Gasteiger partial charge in [-0.3, -0.25) is 9.59 Å². The van der Waals surface area contributed by atoms with E-state index in [4.69, 9.17) is 4.42 Å². The number of carbonyl (C=O) groups excluding carboxylic acids is 2. The molecule has 0 aromatic carbocycles. The molecule has 100 valence electrons. The van der Waals surface area contributed by atoms with Crippen molar-refractivity contribution in [3.8, 4) is 0 Å². The molecule has 1 aromatic rings. The predicted molar refractivity (Wildman–Crippen MR) is 66.2 cm³/mol. The van der Waals surface area contributed by atoms with Gasteiger partial charge in [0, 0.05) is 17.5 Å². The van der Waals surface area contributed by atoms with Crippen LogP contribution >= 0.6 is 0 Å². The van der Waals surface area contributed by atoms with E-state index in [1.165, 1.54) is 13.4 Å². The summed E-state index contributed by atoms with van der Waals surface area (Å²) in [7, 11) is 1.35. The second-order valence-corrected chi connectivity index (χ2v) is 4.85. The van der Waals surface area contributed by atoms with Crippen molar-refractivity contribution in [2.45, 2.75) is 39.2 Å². The third-order valence-corrected chi connectivity index (χ3v) is 2.70. The average molecular weight is 253 g/mol. The Hall–Kier alpha value is -1.78. The minimum atomic E-state index is -0.496. The number of esters is 1. The van der Waals surface area contributed by atoms with Gasteiger partial charge < -0.3 is 14.5 Å². The van der Waals surface area contributed by atoms with E-state index in [0.29, 0.717) is 12.2 Å². The monoisotopic (exact) mass is 253 g/mol. The summed E-state index contributed by atoms with van der Waals surface area (Å²) < 4.78 is 9.69. The summed E-state index contributed by atoms with van der Waals surface area (Å²) in [6.45, 7) is 5.51. The Morgan fingerprint density at radius 2 is 2.11 bits per heavy atom. The minimum absolute atomic E-state index is 0.265. The molecule has 0 radical (unpaired) electrons. The zero-order chi connectivity index (χ0) is 13.8. The molecule has 0 unspecified atom stereocenters. The largest absolute Gasteiger partial charge is 0.469 e. The first-order valence-electron chi connectivity index (χ1n) is 5.79. The molecule has 1 N–H and O–H groups in total. The van der Waals surface area contributed by atoms with E-state index in [2.05, 4.69) is 10.1 Å². The highest BCUT2D eigenvalue weighted by molar-refractivity contribution is 5.93. The van der Waals surface area contributed by atoms with Crippen LogP contribution < -0.4 is 5.32 Å². The highest BCUT2D eigenvalue weighted by Crippen LogP contribution is 2.15. The third-order valence-electron chi connectivity index (χ3n) is 2.70. The summed E-state index contributed by atoms with van der Waals surface area (Å²) >= 11 is 0. The van der Waals surface area contributed by atoms with Gasteiger partial charge in [0.15, 0.2) is 5.76 Å². The fourth-order valence-corrected chi connectivity index (χ4v) is 1.55. The minimum Gasteiger partial charge on any atom is -0.469 e. The summed E-state index contributed by atoms with van der Waals surface area (Å²) in [5, 5.41) is 2.84. The number of furan rings is 1. The fourth-order valence-electron chi connectivity index (χ4n) is 1.55. The Morgan fingerprint density at radius 1 is 1.44 bits per heavy atom. The van der Waals surface area contributed by atoms with Gasteiger partial charge in [0.1, 0.15) is 0 Å². The van der Waals surface area contributed by atoms with Gasteiger partial charge in [-0.1, -0.05) is 0 Å². The lowest BCUT2D eigenvalue weighted by atomic mass is 9.98. The Labute approximate surface area is 106 Å². The zero-order valence-electron chi connectivity index (χ0n) is 11.2. The summed E-state index contributed by atoms with van der Waals surface area (Å²) in [6.07, 6.45) is 2.25. The maximum atomic E-state index is 11.9. The Balaban J connectivity index is 2.57. The van der Waals surface area contributed by atoms with Crippen molar-refractivity contribution in [1.29, 1.82) is 0 Å². The molecular weight excluding hydrogens is 234 g/mol. The maximum absolute atomic E-state index is 11.9. The second kappa shape index (κ2) is 5.71. The average Bonchev–Trinajstić information content (AvgIpc) is 2.72. The molecule has 18 heavy (non-hydrogen) atoms. The Bertz CT molecular complexity index is 434. The molecule has 0 aliphatic rings.